The molecule has 2 amide bonds. The quantitative estimate of drug-likeness (QED) is 0.493. The van der Waals surface area contributed by atoms with Crippen molar-refractivity contribution < 1.29 is 27.5 Å². The second-order valence-corrected chi connectivity index (χ2v) is 11.9. The molecule has 206 valence electrons. The van der Waals surface area contributed by atoms with Crippen molar-refractivity contribution in [2.45, 2.75) is 64.6 Å². The summed E-state index contributed by atoms with van der Waals surface area (Å²) in [5.41, 5.74) is 2.19. The van der Waals surface area contributed by atoms with Crippen LogP contribution >= 0.6 is 0 Å². The Morgan fingerprint density at radius 2 is 1.74 bits per heavy atom. The van der Waals surface area contributed by atoms with Crippen LogP contribution in [0.15, 0.2) is 42.5 Å². The lowest BCUT2D eigenvalue weighted by Crippen LogP contribution is -2.53. The van der Waals surface area contributed by atoms with Crippen LogP contribution < -0.4 is 19.1 Å². The van der Waals surface area contributed by atoms with Gasteiger partial charge in [-0.05, 0) is 49.4 Å². The van der Waals surface area contributed by atoms with E-state index in [1.165, 1.54) is 4.90 Å². The van der Waals surface area contributed by atoms with Gasteiger partial charge in [0.25, 0.3) is 0 Å². The predicted molar refractivity (Wildman–Crippen MR) is 146 cm³/mol. The van der Waals surface area contributed by atoms with Crippen LogP contribution in [0, 0.1) is 6.92 Å². The van der Waals surface area contributed by atoms with Crippen LogP contribution in [-0.4, -0.2) is 63.2 Å². The molecule has 0 spiro atoms. The highest BCUT2D eigenvalue weighted by Crippen LogP contribution is 2.35. The van der Waals surface area contributed by atoms with Gasteiger partial charge in [0.2, 0.25) is 21.8 Å². The monoisotopic (exact) mass is 543 g/mol. The number of benzene rings is 2. The first-order valence-corrected chi connectivity index (χ1v) is 15.0. The molecule has 2 aromatic carbocycles. The lowest BCUT2D eigenvalue weighted by molar-refractivity contribution is -0.140. The Balaban J connectivity index is 1.64. The van der Waals surface area contributed by atoms with Crippen LogP contribution in [0.3, 0.4) is 0 Å². The van der Waals surface area contributed by atoms with Gasteiger partial charge in [-0.1, -0.05) is 44.0 Å². The number of nitrogens with one attached hydrogen (secondary N) is 1. The van der Waals surface area contributed by atoms with Gasteiger partial charge in [0.05, 0.1) is 11.9 Å². The predicted octanol–water partition coefficient (Wildman–Crippen LogP) is 3.40. The van der Waals surface area contributed by atoms with E-state index in [0.717, 1.165) is 47.4 Å². The van der Waals surface area contributed by atoms with E-state index in [4.69, 9.17) is 9.47 Å². The number of hydrogen-bond acceptors (Lipinski definition) is 6. The Kier molecular flexibility index (Phi) is 8.81. The van der Waals surface area contributed by atoms with Crippen molar-refractivity contribution in [2.24, 2.45) is 0 Å². The first-order chi connectivity index (χ1) is 18.2. The molecule has 38 heavy (non-hydrogen) atoms. The highest BCUT2D eigenvalue weighted by atomic mass is 32.2. The van der Waals surface area contributed by atoms with E-state index in [-0.39, 0.29) is 18.5 Å². The Labute approximate surface area is 225 Å². The van der Waals surface area contributed by atoms with Gasteiger partial charge in [-0.3, -0.25) is 13.9 Å². The maximum Gasteiger partial charge on any atom is 0.244 e. The zero-order valence-corrected chi connectivity index (χ0v) is 23.1. The van der Waals surface area contributed by atoms with Gasteiger partial charge in [-0.25, -0.2) is 8.42 Å². The fourth-order valence-electron chi connectivity index (χ4n) is 5.06. The molecule has 1 atom stereocenters. The minimum absolute atomic E-state index is 0.109. The summed E-state index contributed by atoms with van der Waals surface area (Å²) in [5, 5.41) is 3.12. The number of carbonyl (C=O) groups is 2. The van der Waals surface area contributed by atoms with Crippen molar-refractivity contribution in [3.63, 3.8) is 0 Å². The summed E-state index contributed by atoms with van der Waals surface area (Å²) >= 11 is 0. The van der Waals surface area contributed by atoms with E-state index < -0.39 is 28.5 Å². The highest BCUT2D eigenvalue weighted by Gasteiger charge is 2.33. The van der Waals surface area contributed by atoms with Crippen molar-refractivity contribution in [1.29, 1.82) is 0 Å². The van der Waals surface area contributed by atoms with Crippen LogP contribution in [0.2, 0.25) is 0 Å². The number of anilines is 1. The highest BCUT2D eigenvalue weighted by molar-refractivity contribution is 7.92. The normalized spacial score (nSPS) is 16.1. The fraction of sp³-hybridized carbons (Fsp3) is 0.500. The molecule has 1 fully saturated rings. The molecule has 0 bridgehead atoms. The lowest BCUT2D eigenvalue weighted by Gasteiger charge is -2.34. The molecule has 1 aliphatic heterocycles. The van der Waals surface area contributed by atoms with E-state index in [1.807, 2.05) is 38.1 Å². The largest absolute Gasteiger partial charge is 0.486 e. The number of hydrogen-bond donors (Lipinski definition) is 1. The molecule has 0 unspecified atom stereocenters. The minimum atomic E-state index is -3.84. The Hall–Kier alpha value is -3.27. The molecule has 0 radical (unpaired) electrons. The zero-order valence-electron chi connectivity index (χ0n) is 22.3. The van der Waals surface area contributed by atoms with Crippen molar-refractivity contribution in [1.82, 2.24) is 10.2 Å². The molecule has 9 nitrogen and oxygen atoms in total. The first-order valence-electron chi connectivity index (χ1n) is 13.2. The third kappa shape index (κ3) is 6.59. The molecule has 2 aliphatic rings. The summed E-state index contributed by atoms with van der Waals surface area (Å²) in [4.78, 5) is 28.8. The van der Waals surface area contributed by atoms with Crippen molar-refractivity contribution in [2.75, 3.05) is 30.3 Å². The summed E-state index contributed by atoms with van der Waals surface area (Å²) < 4.78 is 38.0. The van der Waals surface area contributed by atoms with E-state index in [0.29, 0.717) is 36.8 Å². The number of fused-ring (bicyclic) bond motifs is 1. The van der Waals surface area contributed by atoms with Gasteiger partial charge in [-0.15, -0.1) is 0 Å². The van der Waals surface area contributed by atoms with E-state index in [1.54, 1.807) is 18.2 Å². The number of rotatable bonds is 10. The topological polar surface area (TPSA) is 105 Å². The average Bonchev–Trinajstić information content (AvgIpc) is 3.40. The van der Waals surface area contributed by atoms with Crippen LogP contribution in [0.1, 0.15) is 50.2 Å². The fourth-order valence-corrected chi connectivity index (χ4v) is 5.90. The Morgan fingerprint density at radius 1 is 1.05 bits per heavy atom. The second-order valence-electron chi connectivity index (χ2n) is 9.96. The Morgan fingerprint density at radius 3 is 2.39 bits per heavy atom. The van der Waals surface area contributed by atoms with Crippen LogP contribution in [0.25, 0.3) is 0 Å². The number of sulfonamides is 1. The third-order valence-electron chi connectivity index (χ3n) is 7.18. The van der Waals surface area contributed by atoms with Gasteiger partial charge >= 0.3 is 0 Å². The maximum atomic E-state index is 13.9. The molecular formula is C28H37N3O6S. The molecule has 10 heteroatoms. The third-order valence-corrected chi connectivity index (χ3v) is 8.32. The van der Waals surface area contributed by atoms with Gasteiger partial charge in [-0.2, -0.15) is 0 Å². The SMILES string of the molecule is CC[C@@H](C(=O)NC1CCCC1)N(Cc1ccccc1C)C(=O)CN(c1ccc2c(c1)OCCO2)S(C)(=O)=O. The van der Waals surface area contributed by atoms with E-state index in [9.17, 15) is 18.0 Å². The van der Waals surface area contributed by atoms with Crippen LogP contribution in [0.4, 0.5) is 5.69 Å². The number of aryl methyl sites for hydroxylation is 1. The van der Waals surface area contributed by atoms with Gasteiger partial charge < -0.3 is 19.7 Å². The zero-order chi connectivity index (χ0) is 27.3. The van der Waals surface area contributed by atoms with Crippen LogP contribution in [0.5, 0.6) is 11.5 Å². The molecule has 1 N–H and O–H groups in total. The summed E-state index contributed by atoms with van der Waals surface area (Å²) in [6.45, 7) is 4.34. The van der Waals surface area contributed by atoms with Crippen molar-refractivity contribution in [3.05, 3.63) is 53.6 Å². The molecule has 0 aromatic heterocycles. The second kappa shape index (κ2) is 12.1. The molecular weight excluding hydrogens is 506 g/mol. The summed E-state index contributed by atoms with van der Waals surface area (Å²) in [7, 11) is -3.84. The molecule has 2 aromatic rings. The summed E-state index contributed by atoms with van der Waals surface area (Å²) in [5.74, 6) is 0.290. The van der Waals surface area contributed by atoms with Gasteiger partial charge in [0, 0.05) is 18.7 Å². The number of ether oxygens (including phenoxy) is 2. The number of carbonyl (C=O) groups excluding carboxylic acids is 2. The average molecular weight is 544 g/mol. The van der Waals surface area contributed by atoms with Crippen molar-refractivity contribution in [3.8, 4) is 11.5 Å². The smallest absolute Gasteiger partial charge is 0.244 e. The molecule has 0 saturated heterocycles. The van der Waals surface area contributed by atoms with E-state index in [2.05, 4.69) is 5.32 Å². The molecule has 4 rings (SSSR count). The first kappa shape index (κ1) is 27.8. The summed E-state index contributed by atoms with van der Waals surface area (Å²) in [6.07, 6.45) is 5.48. The maximum absolute atomic E-state index is 13.9. The standard InChI is InChI=1S/C28H37N3O6S/c1-4-24(28(33)29-22-11-7-8-12-22)30(18-21-10-6-5-9-20(21)2)27(32)19-31(38(3,34)35)23-13-14-25-26(17-23)37-16-15-36-25/h5-6,9-10,13-14,17,22,24H,4,7-8,11-12,15-16,18-19H2,1-3H3,(H,29,33)/t24-/m0/s1. The van der Waals surface area contributed by atoms with Crippen LogP contribution in [-0.2, 0) is 26.2 Å². The lowest BCUT2D eigenvalue weighted by atomic mass is 10.1. The number of nitrogens with zero attached hydrogens (tertiary/aromatic N) is 2. The molecule has 1 aliphatic carbocycles. The Bertz CT molecular complexity index is 1260. The van der Waals surface area contributed by atoms with E-state index >= 15 is 0 Å². The molecule has 1 saturated carbocycles. The number of amides is 2. The van der Waals surface area contributed by atoms with Crippen molar-refractivity contribution >= 4 is 27.5 Å². The van der Waals surface area contributed by atoms with Gasteiger partial charge in [0.1, 0.15) is 25.8 Å². The summed E-state index contributed by atoms with van der Waals surface area (Å²) in [6, 6.07) is 11.9. The minimum Gasteiger partial charge on any atom is -0.486 e. The van der Waals surface area contributed by atoms with Gasteiger partial charge in [0.15, 0.2) is 11.5 Å². The molecule has 1 heterocycles.